The molecule has 0 bridgehead atoms. The zero-order valence-electron chi connectivity index (χ0n) is 17.6. The van der Waals surface area contributed by atoms with Crippen molar-refractivity contribution in [3.8, 4) is 0 Å². The van der Waals surface area contributed by atoms with Crippen LogP contribution in [-0.2, 0) is 10.0 Å². The molecule has 3 aromatic carbocycles. The standard InChI is InChI=1S/C24H22ClFN2O3S/c1-4-14-28(20-11-9-19(26)10-12-20)32(30,31)22-15-18(8-13-21(22)25)24(29)27-23-16(2)6-5-7-17(23)3/h4-13,15H,1,14H2,2-3H3,(H,27,29). The summed E-state index contributed by atoms with van der Waals surface area (Å²) >= 11 is 6.23. The number of nitrogens with one attached hydrogen (secondary N) is 1. The molecular weight excluding hydrogens is 451 g/mol. The summed E-state index contributed by atoms with van der Waals surface area (Å²) in [5.74, 6) is -0.958. The largest absolute Gasteiger partial charge is 0.322 e. The van der Waals surface area contributed by atoms with E-state index in [-0.39, 0.29) is 27.7 Å². The molecule has 0 aliphatic rings. The van der Waals surface area contributed by atoms with E-state index >= 15 is 0 Å². The van der Waals surface area contributed by atoms with Crippen molar-refractivity contribution in [1.82, 2.24) is 0 Å². The van der Waals surface area contributed by atoms with E-state index in [1.54, 1.807) is 0 Å². The van der Waals surface area contributed by atoms with Gasteiger partial charge in [0.1, 0.15) is 10.7 Å². The minimum atomic E-state index is -4.18. The summed E-state index contributed by atoms with van der Waals surface area (Å²) in [5, 5.41) is 2.80. The topological polar surface area (TPSA) is 66.5 Å². The summed E-state index contributed by atoms with van der Waals surface area (Å²) in [7, 11) is -4.18. The molecule has 0 aliphatic heterocycles. The lowest BCUT2D eigenvalue weighted by Gasteiger charge is -2.24. The lowest BCUT2D eigenvalue weighted by molar-refractivity contribution is 0.102. The zero-order valence-corrected chi connectivity index (χ0v) is 19.2. The van der Waals surface area contributed by atoms with Crippen LogP contribution in [0.15, 0.2) is 78.2 Å². The van der Waals surface area contributed by atoms with Crippen molar-refractivity contribution >= 4 is 38.9 Å². The molecule has 0 radical (unpaired) electrons. The lowest BCUT2D eigenvalue weighted by Crippen LogP contribution is -2.31. The molecule has 1 N–H and O–H groups in total. The summed E-state index contributed by atoms with van der Waals surface area (Å²) in [6.45, 7) is 7.28. The maximum atomic E-state index is 13.4. The van der Waals surface area contributed by atoms with Crippen LogP contribution in [0.1, 0.15) is 21.5 Å². The molecule has 166 valence electrons. The minimum absolute atomic E-state index is 0.0372. The van der Waals surface area contributed by atoms with E-state index in [0.29, 0.717) is 5.69 Å². The smallest absolute Gasteiger partial charge is 0.266 e. The van der Waals surface area contributed by atoms with Crippen LogP contribution in [-0.4, -0.2) is 20.9 Å². The first-order chi connectivity index (χ1) is 15.1. The SMILES string of the molecule is C=CCN(c1ccc(F)cc1)S(=O)(=O)c1cc(C(=O)Nc2c(C)cccc2C)ccc1Cl. The fraction of sp³-hybridized carbons (Fsp3) is 0.125. The third kappa shape index (κ3) is 4.84. The first-order valence-electron chi connectivity index (χ1n) is 9.71. The minimum Gasteiger partial charge on any atom is -0.322 e. The molecule has 8 heteroatoms. The highest BCUT2D eigenvalue weighted by Gasteiger charge is 2.28. The molecule has 0 aromatic heterocycles. The number of aryl methyl sites for hydroxylation is 2. The van der Waals surface area contributed by atoms with Crippen LogP contribution < -0.4 is 9.62 Å². The summed E-state index contributed by atoms with van der Waals surface area (Å²) in [6, 6.07) is 14.7. The second kappa shape index (κ2) is 9.54. The van der Waals surface area contributed by atoms with Gasteiger partial charge in [0.05, 0.1) is 17.3 Å². The number of benzene rings is 3. The van der Waals surface area contributed by atoms with Crippen molar-refractivity contribution in [2.45, 2.75) is 18.7 Å². The molecule has 0 heterocycles. The molecule has 0 unspecified atom stereocenters. The fourth-order valence-electron chi connectivity index (χ4n) is 3.23. The van der Waals surface area contributed by atoms with Crippen LogP contribution in [0.5, 0.6) is 0 Å². The van der Waals surface area contributed by atoms with Gasteiger partial charge in [-0.15, -0.1) is 6.58 Å². The number of amides is 1. The van der Waals surface area contributed by atoms with Crippen molar-refractivity contribution in [3.63, 3.8) is 0 Å². The van der Waals surface area contributed by atoms with Crippen LogP contribution in [0.3, 0.4) is 0 Å². The molecule has 0 atom stereocenters. The highest BCUT2D eigenvalue weighted by Crippen LogP contribution is 2.30. The number of para-hydroxylation sites is 1. The number of rotatable bonds is 7. The van der Waals surface area contributed by atoms with Gasteiger partial charge in [-0.2, -0.15) is 0 Å². The molecule has 0 aliphatic carbocycles. The molecule has 0 saturated heterocycles. The number of hydrogen-bond acceptors (Lipinski definition) is 3. The average molecular weight is 473 g/mol. The van der Waals surface area contributed by atoms with Gasteiger partial charge in [-0.25, -0.2) is 12.8 Å². The molecule has 3 aromatic rings. The average Bonchev–Trinajstić information content (AvgIpc) is 2.75. The van der Waals surface area contributed by atoms with Crippen LogP contribution >= 0.6 is 11.6 Å². The van der Waals surface area contributed by atoms with Crippen molar-refractivity contribution in [1.29, 1.82) is 0 Å². The second-order valence-electron chi connectivity index (χ2n) is 7.17. The lowest BCUT2D eigenvalue weighted by atomic mass is 10.1. The van der Waals surface area contributed by atoms with Crippen molar-refractivity contribution in [3.05, 3.63) is 101 Å². The highest BCUT2D eigenvalue weighted by atomic mass is 35.5. The molecule has 3 rings (SSSR count). The molecule has 1 amide bonds. The van der Waals surface area contributed by atoms with Gasteiger partial charge in [0.2, 0.25) is 0 Å². The summed E-state index contributed by atoms with van der Waals surface area (Å²) in [6.07, 6.45) is 1.41. The van der Waals surface area contributed by atoms with Gasteiger partial charge in [-0.05, 0) is 67.4 Å². The second-order valence-corrected chi connectivity index (χ2v) is 9.41. The Balaban J connectivity index is 2.02. The molecule has 0 spiro atoms. The van der Waals surface area contributed by atoms with Gasteiger partial charge in [-0.1, -0.05) is 35.9 Å². The monoisotopic (exact) mass is 472 g/mol. The van der Waals surface area contributed by atoms with E-state index in [4.69, 9.17) is 11.6 Å². The van der Waals surface area contributed by atoms with Gasteiger partial charge in [0, 0.05) is 11.3 Å². The van der Waals surface area contributed by atoms with Gasteiger partial charge in [0.25, 0.3) is 15.9 Å². The molecule has 5 nitrogen and oxygen atoms in total. The van der Waals surface area contributed by atoms with Crippen LogP contribution in [0.2, 0.25) is 5.02 Å². The van der Waals surface area contributed by atoms with Gasteiger partial charge in [0.15, 0.2) is 0 Å². The van der Waals surface area contributed by atoms with Gasteiger partial charge >= 0.3 is 0 Å². The molecule has 32 heavy (non-hydrogen) atoms. The Hall–Kier alpha value is -3.16. The Kier molecular flexibility index (Phi) is 7.01. The number of anilines is 2. The van der Waals surface area contributed by atoms with E-state index in [1.807, 2.05) is 32.0 Å². The maximum absolute atomic E-state index is 13.4. The van der Waals surface area contributed by atoms with Crippen molar-refractivity contribution in [2.24, 2.45) is 0 Å². The number of sulfonamides is 1. The highest BCUT2D eigenvalue weighted by molar-refractivity contribution is 7.93. The van der Waals surface area contributed by atoms with Crippen LogP contribution in [0, 0.1) is 19.7 Å². The van der Waals surface area contributed by atoms with Crippen LogP contribution in [0.4, 0.5) is 15.8 Å². The normalized spacial score (nSPS) is 11.1. The van der Waals surface area contributed by atoms with E-state index in [1.165, 1.54) is 36.4 Å². The summed E-state index contributed by atoms with van der Waals surface area (Å²) < 4.78 is 41.3. The van der Waals surface area contributed by atoms with E-state index in [9.17, 15) is 17.6 Å². The van der Waals surface area contributed by atoms with Gasteiger partial charge in [-0.3, -0.25) is 9.10 Å². The summed E-state index contributed by atoms with van der Waals surface area (Å²) in [5.41, 5.74) is 2.81. The number of nitrogens with zero attached hydrogens (tertiary/aromatic N) is 1. The predicted octanol–water partition coefficient (Wildman–Crippen LogP) is 5.73. The van der Waals surface area contributed by atoms with E-state index in [2.05, 4.69) is 11.9 Å². The number of halogens is 2. The van der Waals surface area contributed by atoms with Crippen LogP contribution in [0.25, 0.3) is 0 Å². The molecule has 0 saturated carbocycles. The third-order valence-corrected chi connectivity index (χ3v) is 7.17. The third-order valence-electron chi connectivity index (χ3n) is 4.89. The molecular formula is C24H22ClFN2O3S. The number of carbonyl (C=O) groups is 1. The van der Waals surface area contributed by atoms with Crippen molar-refractivity contribution in [2.75, 3.05) is 16.2 Å². The fourth-order valence-corrected chi connectivity index (χ4v) is 5.16. The first-order valence-corrected chi connectivity index (χ1v) is 11.5. The number of carbonyl (C=O) groups excluding carboxylic acids is 1. The van der Waals surface area contributed by atoms with E-state index in [0.717, 1.165) is 27.6 Å². The summed E-state index contributed by atoms with van der Waals surface area (Å²) in [4.78, 5) is 12.7. The quantitative estimate of drug-likeness (QED) is 0.446. The zero-order chi connectivity index (χ0) is 23.5. The van der Waals surface area contributed by atoms with Gasteiger partial charge < -0.3 is 5.32 Å². The maximum Gasteiger partial charge on any atom is 0.266 e. The molecule has 0 fully saturated rings. The Labute approximate surface area is 192 Å². The Morgan fingerprint density at radius 2 is 1.72 bits per heavy atom. The van der Waals surface area contributed by atoms with Crippen molar-refractivity contribution < 1.29 is 17.6 Å². The Morgan fingerprint density at radius 3 is 2.31 bits per heavy atom. The Morgan fingerprint density at radius 1 is 1.09 bits per heavy atom. The number of hydrogen-bond donors (Lipinski definition) is 1. The van der Waals surface area contributed by atoms with E-state index < -0.39 is 21.7 Å². The Bertz CT molecular complexity index is 1250. The first kappa shape index (κ1) is 23.5. The predicted molar refractivity (Wildman–Crippen MR) is 126 cm³/mol.